The molecule has 0 bridgehead atoms. The summed E-state index contributed by atoms with van der Waals surface area (Å²) in [6.07, 6.45) is 2.82. The van der Waals surface area contributed by atoms with E-state index in [-0.39, 0.29) is 0 Å². The molecular weight excluding hydrogens is 200 g/mol. The first-order valence-corrected chi connectivity index (χ1v) is 5.43. The van der Waals surface area contributed by atoms with E-state index in [4.69, 9.17) is 5.53 Å². The van der Waals surface area contributed by atoms with Crippen molar-refractivity contribution in [1.29, 1.82) is 5.53 Å². The zero-order chi connectivity index (χ0) is 11.4. The first kappa shape index (κ1) is 10.8. The molecule has 1 aromatic carbocycles. The monoisotopic (exact) mass is 216 g/mol. The number of benzene rings is 1. The second-order valence-corrected chi connectivity index (χ2v) is 3.84. The van der Waals surface area contributed by atoms with Gasteiger partial charge in [-0.25, -0.2) is 5.53 Å². The average Bonchev–Trinajstić information content (AvgIpc) is 2.35. The van der Waals surface area contributed by atoms with Crippen molar-refractivity contribution < 1.29 is 0 Å². The molecule has 0 fully saturated rings. The van der Waals surface area contributed by atoms with Gasteiger partial charge in [-0.2, -0.15) is 5.11 Å². The van der Waals surface area contributed by atoms with Crippen LogP contribution in [0.5, 0.6) is 0 Å². The van der Waals surface area contributed by atoms with Gasteiger partial charge in [0.15, 0.2) is 0 Å². The van der Waals surface area contributed by atoms with Gasteiger partial charge in [-0.3, -0.25) is 0 Å². The van der Waals surface area contributed by atoms with Gasteiger partial charge in [-0.15, -0.1) is 0 Å². The van der Waals surface area contributed by atoms with E-state index in [2.05, 4.69) is 27.9 Å². The van der Waals surface area contributed by atoms with Crippen LogP contribution in [0.2, 0.25) is 0 Å². The van der Waals surface area contributed by atoms with Crippen molar-refractivity contribution in [1.82, 2.24) is 10.6 Å². The number of nitrogens with one attached hydrogen (secondary N) is 3. The Hall–Kier alpha value is -1.68. The molecule has 0 saturated heterocycles. The SMILES string of the molecule is CN/C=C(\N=N)c1ccc2c(c1)CNCC2. The first-order chi connectivity index (χ1) is 7.85. The molecule has 4 heteroatoms. The summed E-state index contributed by atoms with van der Waals surface area (Å²) in [5, 5.41) is 9.78. The molecule has 0 saturated carbocycles. The summed E-state index contributed by atoms with van der Waals surface area (Å²) < 4.78 is 0. The molecule has 0 spiro atoms. The van der Waals surface area contributed by atoms with Crippen LogP contribution in [0.25, 0.3) is 5.70 Å². The number of rotatable bonds is 3. The summed E-state index contributed by atoms with van der Waals surface area (Å²) in [6.45, 7) is 1.96. The fourth-order valence-corrected chi connectivity index (χ4v) is 1.96. The number of fused-ring (bicyclic) bond motifs is 1. The maximum Gasteiger partial charge on any atom is 0.108 e. The van der Waals surface area contributed by atoms with Crippen LogP contribution in [0.3, 0.4) is 0 Å². The fourth-order valence-electron chi connectivity index (χ4n) is 1.96. The molecule has 0 amide bonds. The van der Waals surface area contributed by atoms with Gasteiger partial charge in [-0.1, -0.05) is 12.1 Å². The summed E-state index contributed by atoms with van der Waals surface area (Å²) in [7, 11) is 1.81. The van der Waals surface area contributed by atoms with E-state index in [1.54, 1.807) is 6.20 Å². The molecule has 84 valence electrons. The van der Waals surface area contributed by atoms with Crippen molar-refractivity contribution in [3.05, 3.63) is 41.1 Å². The van der Waals surface area contributed by atoms with E-state index in [1.807, 2.05) is 13.1 Å². The Kier molecular flexibility index (Phi) is 3.31. The van der Waals surface area contributed by atoms with Crippen LogP contribution in [0, 0.1) is 5.53 Å². The highest BCUT2D eigenvalue weighted by atomic mass is 15.0. The van der Waals surface area contributed by atoms with Crippen molar-refractivity contribution in [3.8, 4) is 0 Å². The topological polar surface area (TPSA) is 60.3 Å². The molecule has 1 aliphatic heterocycles. The van der Waals surface area contributed by atoms with Gasteiger partial charge in [0.25, 0.3) is 0 Å². The Morgan fingerprint density at radius 1 is 1.50 bits per heavy atom. The third kappa shape index (κ3) is 2.12. The molecule has 3 N–H and O–H groups in total. The maximum atomic E-state index is 7.14. The molecule has 2 rings (SSSR count). The van der Waals surface area contributed by atoms with Gasteiger partial charge < -0.3 is 10.6 Å². The molecule has 1 heterocycles. The lowest BCUT2D eigenvalue weighted by Gasteiger charge is -2.17. The Bertz CT molecular complexity index is 423. The maximum absolute atomic E-state index is 7.14. The molecule has 0 atom stereocenters. The minimum Gasteiger partial charge on any atom is -0.392 e. The molecule has 0 unspecified atom stereocenters. The lowest BCUT2D eigenvalue weighted by molar-refractivity contribution is 0.643. The van der Waals surface area contributed by atoms with Gasteiger partial charge in [0.1, 0.15) is 5.70 Å². The van der Waals surface area contributed by atoms with Crippen LogP contribution in [-0.4, -0.2) is 13.6 Å². The Balaban J connectivity index is 2.35. The van der Waals surface area contributed by atoms with Crippen molar-refractivity contribution in [2.45, 2.75) is 13.0 Å². The predicted octanol–water partition coefficient (Wildman–Crippen LogP) is 1.88. The third-order valence-corrected chi connectivity index (χ3v) is 2.79. The van der Waals surface area contributed by atoms with Crippen LogP contribution in [0.1, 0.15) is 16.7 Å². The van der Waals surface area contributed by atoms with Crippen molar-refractivity contribution >= 4 is 5.70 Å². The third-order valence-electron chi connectivity index (χ3n) is 2.79. The minimum atomic E-state index is 0.663. The largest absolute Gasteiger partial charge is 0.392 e. The van der Waals surface area contributed by atoms with Crippen LogP contribution >= 0.6 is 0 Å². The van der Waals surface area contributed by atoms with Crippen molar-refractivity contribution in [2.24, 2.45) is 5.11 Å². The normalized spacial score (nSPS) is 15.4. The van der Waals surface area contributed by atoms with Crippen LogP contribution < -0.4 is 10.6 Å². The summed E-state index contributed by atoms with van der Waals surface area (Å²) in [4.78, 5) is 0. The van der Waals surface area contributed by atoms with E-state index >= 15 is 0 Å². The molecule has 16 heavy (non-hydrogen) atoms. The van der Waals surface area contributed by atoms with Gasteiger partial charge in [0.05, 0.1) is 0 Å². The summed E-state index contributed by atoms with van der Waals surface area (Å²) in [5.41, 5.74) is 11.5. The van der Waals surface area contributed by atoms with E-state index in [0.717, 1.165) is 25.1 Å². The Labute approximate surface area is 95.3 Å². The van der Waals surface area contributed by atoms with Gasteiger partial charge >= 0.3 is 0 Å². The highest BCUT2D eigenvalue weighted by Crippen LogP contribution is 2.21. The quantitative estimate of drug-likeness (QED) is 0.676. The zero-order valence-electron chi connectivity index (χ0n) is 9.38. The molecule has 4 nitrogen and oxygen atoms in total. The number of hydrogen-bond acceptors (Lipinski definition) is 4. The molecular formula is C12H16N4. The van der Waals surface area contributed by atoms with Crippen LogP contribution in [0.15, 0.2) is 29.5 Å². The zero-order valence-corrected chi connectivity index (χ0v) is 9.38. The smallest absolute Gasteiger partial charge is 0.108 e. The highest BCUT2D eigenvalue weighted by Gasteiger charge is 2.10. The molecule has 0 aliphatic carbocycles. The van der Waals surface area contributed by atoms with Crippen LogP contribution in [0.4, 0.5) is 0 Å². The van der Waals surface area contributed by atoms with Crippen LogP contribution in [-0.2, 0) is 13.0 Å². The van der Waals surface area contributed by atoms with Gasteiger partial charge in [0, 0.05) is 25.4 Å². The highest BCUT2D eigenvalue weighted by molar-refractivity contribution is 5.64. The summed E-state index contributed by atoms with van der Waals surface area (Å²) in [5.74, 6) is 0. The fraction of sp³-hybridized carbons (Fsp3) is 0.333. The molecule has 1 aromatic rings. The lowest BCUT2D eigenvalue weighted by Crippen LogP contribution is -2.23. The Morgan fingerprint density at radius 3 is 3.12 bits per heavy atom. The molecule has 0 aromatic heterocycles. The van der Waals surface area contributed by atoms with Crippen molar-refractivity contribution in [3.63, 3.8) is 0 Å². The standard InChI is InChI=1S/C12H16N4/c1-14-8-12(16-13)10-3-2-9-4-5-15-7-11(9)6-10/h2-3,6,8,13-15H,4-5,7H2,1H3/b12-8-,16-13?. The van der Waals surface area contributed by atoms with Gasteiger partial charge in [0.2, 0.25) is 0 Å². The lowest BCUT2D eigenvalue weighted by atomic mass is 9.98. The number of hydrogen-bond donors (Lipinski definition) is 3. The molecule has 0 radical (unpaired) electrons. The summed E-state index contributed by atoms with van der Waals surface area (Å²) >= 11 is 0. The summed E-state index contributed by atoms with van der Waals surface area (Å²) in [6, 6.07) is 6.29. The second-order valence-electron chi connectivity index (χ2n) is 3.84. The van der Waals surface area contributed by atoms with E-state index in [9.17, 15) is 0 Å². The second kappa shape index (κ2) is 4.90. The minimum absolute atomic E-state index is 0.663. The average molecular weight is 216 g/mol. The van der Waals surface area contributed by atoms with Gasteiger partial charge in [-0.05, 0) is 30.2 Å². The van der Waals surface area contributed by atoms with E-state index in [1.165, 1.54) is 11.1 Å². The first-order valence-electron chi connectivity index (χ1n) is 5.43. The predicted molar refractivity (Wildman–Crippen MR) is 64.0 cm³/mol. The van der Waals surface area contributed by atoms with E-state index < -0.39 is 0 Å². The Morgan fingerprint density at radius 2 is 2.38 bits per heavy atom. The molecule has 1 aliphatic rings. The number of nitrogens with zero attached hydrogens (tertiary/aromatic N) is 1. The van der Waals surface area contributed by atoms with Crippen molar-refractivity contribution in [2.75, 3.05) is 13.6 Å². The van der Waals surface area contributed by atoms with E-state index in [0.29, 0.717) is 5.70 Å².